The van der Waals surface area contributed by atoms with Crippen molar-refractivity contribution >= 4 is 21.6 Å². The third-order valence-electron chi connectivity index (χ3n) is 2.92. The molecule has 0 fully saturated rings. The van der Waals surface area contributed by atoms with Crippen LogP contribution in [-0.4, -0.2) is 24.6 Å². The first kappa shape index (κ1) is 15.1. The fourth-order valence-electron chi connectivity index (χ4n) is 1.81. The highest BCUT2D eigenvalue weighted by molar-refractivity contribution is 7.89. The summed E-state index contributed by atoms with van der Waals surface area (Å²) in [6.45, 7) is -0.0944. The molecule has 1 atom stereocenters. The van der Waals surface area contributed by atoms with E-state index in [0.29, 0.717) is 10.7 Å². The Morgan fingerprint density at radius 2 is 1.95 bits per heavy atom. The van der Waals surface area contributed by atoms with Crippen LogP contribution in [0.5, 0.6) is 0 Å². The molecule has 108 valence electrons. The van der Waals surface area contributed by atoms with E-state index in [4.69, 9.17) is 11.6 Å². The lowest BCUT2D eigenvalue weighted by molar-refractivity contribution is 0.173. The van der Waals surface area contributed by atoms with E-state index in [-0.39, 0.29) is 11.4 Å². The Balaban J connectivity index is 2.06. The van der Waals surface area contributed by atoms with Gasteiger partial charge in [-0.1, -0.05) is 11.6 Å². The number of hydrogen-bond donors (Lipinski definition) is 2. The predicted molar refractivity (Wildman–Crippen MR) is 77.0 cm³/mol. The molecular weight excluding hydrogens is 300 g/mol. The van der Waals surface area contributed by atoms with Gasteiger partial charge in [-0.3, -0.25) is 0 Å². The van der Waals surface area contributed by atoms with Crippen LogP contribution in [-0.2, 0) is 17.1 Å². The van der Waals surface area contributed by atoms with E-state index in [9.17, 15) is 13.5 Å². The molecule has 1 heterocycles. The Labute approximate surface area is 122 Å². The molecule has 0 amide bonds. The molecule has 1 aromatic carbocycles. The molecule has 0 aliphatic carbocycles. The minimum Gasteiger partial charge on any atom is -0.386 e. The highest BCUT2D eigenvalue weighted by Crippen LogP contribution is 2.16. The average Bonchev–Trinajstić information content (AvgIpc) is 2.83. The molecule has 2 rings (SSSR count). The standard InChI is InChI=1S/C13H15ClN2O3S/c1-16-8-2-3-12(16)13(17)9-15-20(18,19)11-6-4-10(14)5-7-11/h2-8,13,15,17H,9H2,1H3. The number of halogens is 1. The highest BCUT2D eigenvalue weighted by Gasteiger charge is 2.17. The van der Waals surface area contributed by atoms with Gasteiger partial charge in [-0.25, -0.2) is 13.1 Å². The molecule has 0 saturated heterocycles. The van der Waals surface area contributed by atoms with Crippen LogP contribution < -0.4 is 4.72 Å². The Morgan fingerprint density at radius 3 is 2.50 bits per heavy atom. The molecular formula is C13H15ClN2O3S. The van der Waals surface area contributed by atoms with Gasteiger partial charge in [0.2, 0.25) is 10.0 Å². The number of nitrogens with one attached hydrogen (secondary N) is 1. The largest absolute Gasteiger partial charge is 0.386 e. The van der Waals surface area contributed by atoms with Gasteiger partial charge in [0, 0.05) is 30.5 Å². The summed E-state index contributed by atoms with van der Waals surface area (Å²) in [6.07, 6.45) is 0.878. The lowest BCUT2D eigenvalue weighted by atomic mass is 10.2. The zero-order valence-electron chi connectivity index (χ0n) is 10.8. The first-order valence-corrected chi connectivity index (χ1v) is 7.81. The fraction of sp³-hybridized carbons (Fsp3) is 0.231. The van der Waals surface area contributed by atoms with E-state index < -0.39 is 16.1 Å². The Hall–Kier alpha value is -1.34. The molecule has 20 heavy (non-hydrogen) atoms. The normalized spacial score (nSPS) is 13.3. The van der Waals surface area contributed by atoms with Crippen LogP contribution in [0.3, 0.4) is 0 Å². The van der Waals surface area contributed by atoms with E-state index in [1.54, 1.807) is 29.9 Å². The molecule has 0 aliphatic rings. The predicted octanol–water partition coefficient (Wildman–Crippen LogP) is 1.69. The monoisotopic (exact) mass is 314 g/mol. The molecule has 0 saturated carbocycles. The number of nitrogens with zero attached hydrogens (tertiary/aromatic N) is 1. The number of aryl methyl sites for hydroxylation is 1. The first-order chi connectivity index (χ1) is 9.40. The lowest BCUT2D eigenvalue weighted by Crippen LogP contribution is -2.29. The molecule has 7 heteroatoms. The second-order valence-corrected chi connectivity index (χ2v) is 6.57. The van der Waals surface area contributed by atoms with Gasteiger partial charge in [-0.05, 0) is 36.4 Å². The molecule has 2 aromatic rings. The van der Waals surface area contributed by atoms with E-state index in [1.165, 1.54) is 24.3 Å². The van der Waals surface area contributed by atoms with Crippen LogP contribution >= 0.6 is 11.6 Å². The summed E-state index contributed by atoms with van der Waals surface area (Å²) in [7, 11) is -1.87. The van der Waals surface area contributed by atoms with Gasteiger partial charge in [-0.2, -0.15) is 0 Å². The van der Waals surface area contributed by atoms with Crippen molar-refractivity contribution in [3.05, 3.63) is 53.3 Å². The zero-order valence-corrected chi connectivity index (χ0v) is 12.4. The number of aliphatic hydroxyl groups excluding tert-OH is 1. The van der Waals surface area contributed by atoms with Gasteiger partial charge in [0.15, 0.2) is 0 Å². The van der Waals surface area contributed by atoms with Crippen molar-refractivity contribution in [3.8, 4) is 0 Å². The Morgan fingerprint density at radius 1 is 1.30 bits per heavy atom. The molecule has 0 spiro atoms. The number of aromatic nitrogens is 1. The van der Waals surface area contributed by atoms with Crippen LogP contribution in [0.4, 0.5) is 0 Å². The maximum absolute atomic E-state index is 12.0. The molecule has 0 aliphatic heterocycles. The lowest BCUT2D eigenvalue weighted by Gasteiger charge is -2.13. The summed E-state index contributed by atoms with van der Waals surface area (Å²) < 4.78 is 28.2. The number of benzene rings is 1. The zero-order chi connectivity index (χ0) is 14.8. The minimum atomic E-state index is -3.65. The number of hydrogen-bond acceptors (Lipinski definition) is 3. The van der Waals surface area contributed by atoms with Crippen LogP contribution in [0.1, 0.15) is 11.8 Å². The van der Waals surface area contributed by atoms with Crippen molar-refractivity contribution in [2.75, 3.05) is 6.54 Å². The molecule has 2 N–H and O–H groups in total. The van der Waals surface area contributed by atoms with E-state index >= 15 is 0 Å². The number of rotatable bonds is 5. The summed E-state index contributed by atoms with van der Waals surface area (Å²) in [4.78, 5) is 0.112. The smallest absolute Gasteiger partial charge is 0.240 e. The highest BCUT2D eigenvalue weighted by atomic mass is 35.5. The summed E-state index contributed by atoms with van der Waals surface area (Å²) in [6, 6.07) is 9.36. The maximum atomic E-state index is 12.0. The van der Waals surface area contributed by atoms with E-state index in [1.807, 2.05) is 0 Å². The van der Waals surface area contributed by atoms with Crippen molar-refractivity contribution in [2.24, 2.45) is 7.05 Å². The fourth-order valence-corrected chi connectivity index (χ4v) is 2.98. The van der Waals surface area contributed by atoms with Gasteiger partial charge in [-0.15, -0.1) is 0 Å². The van der Waals surface area contributed by atoms with E-state index in [0.717, 1.165) is 0 Å². The molecule has 0 radical (unpaired) electrons. The van der Waals surface area contributed by atoms with Crippen molar-refractivity contribution in [2.45, 2.75) is 11.0 Å². The van der Waals surface area contributed by atoms with E-state index in [2.05, 4.69) is 4.72 Å². The Bertz CT molecular complexity index is 680. The second kappa shape index (κ2) is 5.97. The number of aliphatic hydroxyl groups is 1. The SMILES string of the molecule is Cn1cccc1C(O)CNS(=O)(=O)c1ccc(Cl)cc1. The summed E-state index contributed by atoms with van der Waals surface area (Å²) in [5.74, 6) is 0. The molecule has 0 bridgehead atoms. The van der Waals surface area contributed by atoms with Crippen molar-refractivity contribution < 1.29 is 13.5 Å². The summed E-state index contributed by atoms with van der Waals surface area (Å²) in [5.41, 5.74) is 0.642. The second-order valence-electron chi connectivity index (χ2n) is 4.37. The van der Waals surface area contributed by atoms with Gasteiger partial charge < -0.3 is 9.67 Å². The first-order valence-electron chi connectivity index (χ1n) is 5.94. The molecule has 1 aromatic heterocycles. The summed E-state index contributed by atoms with van der Waals surface area (Å²) in [5, 5.41) is 10.4. The quantitative estimate of drug-likeness (QED) is 0.882. The topological polar surface area (TPSA) is 71.3 Å². The van der Waals surface area contributed by atoms with Gasteiger partial charge in [0.05, 0.1) is 4.90 Å². The van der Waals surface area contributed by atoms with Gasteiger partial charge in [0.25, 0.3) is 0 Å². The van der Waals surface area contributed by atoms with Crippen molar-refractivity contribution in [1.82, 2.24) is 9.29 Å². The number of sulfonamides is 1. The van der Waals surface area contributed by atoms with Crippen LogP contribution in [0.25, 0.3) is 0 Å². The van der Waals surface area contributed by atoms with Gasteiger partial charge in [0.1, 0.15) is 6.10 Å². The van der Waals surface area contributed by atoms with Gasteiger partial charge >= 0.3 is 0 Å². The van der Waals surface area contributed by atoms with Crippen LogP contribution in [0.15, 0.2) is 47.5 Å². The third kappa shape index (κ3) is 3.40. The summed E-state index contributed by atoms with van der Waals surface area (Å²) >= 11 is 5.72. The minimum absolute atomic E-state index is 0.0944. The van der Waals surface area contributed by atoms with Crippen LogP contribution in [0, 0.1) is 0 Å². The van der Waals surface area contributed by atoms with Crippen molar-refractivity contribution in [1.29, 1.82) is 0 Å². The van der Waals surface area contributed by atoms with Crippen molar-refractivity contribution in [3.63, 3.8) is 0 Å². The third-order valence-corrected chi connectivity index (χ3v) is 4.61. The molecule has 5 nitrogen and oxygen atoms in total. The molecule has 1 unspecified atom stereocenters. The Kier molecular flexibility index (Phi) is 4.49. The maximum Gasteiger partial charge on any atom is 0.240 e. The average molecular weight is 315 g/mol. The van der Waals surface area contributed by atoms with Crippen LogP contribution in [0.2, 0.25) is 5.02 Å².